The van der Waals surface area contributed by atoms with E-state index in [1.807, 2.05) is 0 Å². The van der Waals surface area contributed by atoms with Crippen LogP contribution < -0.4 is 0 Å². The maximum Gasteiger partial charge on any atom is 0.0529 e. The zero-order valence-electron chi connectivity index (χ0n) is 7.29. The molecule has 1 rings (SSSR count). The Morgan fingerprint density at radius 2 is 1.73 bits per heavy atom. The molecule has 0 aromatic rings. The van der Waals surface area contributed by atoms with Gasteiger partial charge in [0.1, 0.15) is 0 Å². The maximum absolute atomic E-state index is 10.4. The zero-order chi connectivity index (χ0) is 8.27. The highest BCUT2D eigenvalue weighted by atomic mass is 16.3. The third kappa shape index (κ3) is 1.52. The van der Waals surface area contributed by atoms with E-state index in [9.17, 15) is 4.91 Å². The van der Waals surface area contributed by atoms with Gasteiger partial charge in [0.2, 0.25) is 0 Å². The Morgan fingerprint density at radius 1 is 1.27 bits per heavy atom. The lowest BCUT2D eigenvalue weighted by molar-refractivity contribution is 0.190. The number of nitroso groups, excluding NO2 is 1. The molecule has 1 fully saturated rings. The normalized spacial score (nSPS) is 30.9. The summed E-state index contributed by atoms with van der Waals surface area (Å²) in [4.78, 5) is 10.4. The molecule has 3 heteroatoms. The molecule has 3 nitrogen and oxygen atoms in total. The predicted octanol–water partition coefficient (Wildman–Crippen LogP) is 2.32. The lowest BCUT2D eigenvalue weighted by Crippen LogP contribution is -2.29. The molecule has 0 radical (unpaired) electrons. The van der Waals surface area contributed by atoms with Crippen LogP contribution in [0.15, 0.2) is 5.29 Å². The summed E-state index contributed by atoms with van der Waals surface area (Å²) in [5, 5.41) is 4.83. The average molecular weight is 156 g/mol. The van der Waals surface area contributed by atoms with Gasteiger partial charge < -0.3 is 0 Å². The summed E-state index contributed by atoms with van der Waals surface area (Å²) in [6.07, 6.45) is 4.37. The highest BCUT2D eigenvalue weighted by Gasteiger charge is 2.30. The summed E-state index contributed by atoms with van der Waals surface area (Å²) < 4.78 is 0. The van der Waals surface area contributed by atoms with Crippen LogP contribution in [0, 0.1) is 4.91 Å². The van der Waals surface area contributed by atoms with Gasteiger partial charge in [-0.25, -0.2) is 0 Å². The third-order valence-electron chi connectivity index (χ3n) is 2.62. The Hall–Kier alpha value is -0.600. The van der Waals surface area contributed by atoms with Crippen molar-refractivity contribution < 1.29 is 0 Å². The van der Waals surface area contributed by atoms with Gasteiger partial charge >= 0.3 is 0 Å². The molecule has 0 aromatic carbocycles. The van der Waals surface area contributed by atoms with Crippen molar-refractivity contribution in [2.75, 3.05) is 0 Å². The van der Waals surface area contributed by atoms with Crippen LogP contribution in [0.1, 0.15) is 39.5 Å². The second-order valence-corrected chi connectivity index (χ2v) is 3.16. The van der Waals surface area contributed by atoms with Crippen LogP contribution in [-0.2, 0) is 0 Å². The molecule has 1 heterocycles. The summed E-state index contributed by atoms with van der Waals surface area (Å²) >= 11 is 0. The molecule has 1 saturated heterocycles. The Bertz CT molecular complexity index is 126. The van der Waals surface area contributed by atoms with Gasteiger partial charge in [-0.05, 0) is 25.7 Å². The number of rotatable bonds is 3. The molecule has 0 saturated carbocycles. The van der Waals surface area contributed by atoms with Gasteiger partial charge in [0.25, 0.3) is 0 Å². The molecular weight excluding hydrogens is 140 g/mol. The van der Waals surface area contributed by atoms with E-state index in [4.69, 9.17) is 0 Å². The first-order chi connectivity index (χ1) is 5.33. The largest absolute Gasteiger partial charge is 0.255 e. The standard InChI is InChI=1S/C8H16N2O/c1-3-7-5-6-8(4-2)10(7)9-11/h7-8H,3-6H2,1-2H3. The van der Waals surface area contributed by atoms with Gasteiger partial charge in [-0.15, -0.1) is 4.91 Å². The second-order valence-electron chi connectivity index (χ2n) is 3.16. The van der Waals surface area contributed by atoms with Gasteiger partial charge in [0, 0.05) is 0 Å². The highest BCUT2D eigenvalue weighted by Crippen LogP contribution is 2.27. The molecule has 0 spiro atoms. The lowest BCUT2D eigenvalue weighted by Gasteiger charge is -2.21. The average Bonchev–Trinajstić information content (AvgIpc) is 2.45. The van der Waals surface area contributed by atoms with Crippen LogP contribution in [-0.4, -0.2) is 17.1 Å². The van der Waals surface area contributed by atoms with E-state index < -0.39 is 0 Å². The number of hydrogen-bond donors (Lipinski definition) is 0. The van der Waals surface area contributed by atoms with Crippen molar-refractivity contribution in [3.8, 4) is 0 Å². The van der Waals surface area contributed by atoms with E-state index in [0.717, 1.165) is 25.7 Å². The van der Waals surface area contributed by atoms with Crippen molar-refractivity contribution in [1.29, 1.82) is 0 Å². The van der Waals surface area contributed by atoms with Crippen LogP contribution in [0.3, 0.4) is 0 Å². The lowest BCUT2D eigenvalue weighted by atomic mass is 10.1. The molecule has 2 unspecified atom stereocenters. The minimum absolute atomic E-state index is 0.414. The first-order valence-electron chi connectivity index (χ1n) is 4.45. The SMILES string of the molecule is CCC1CCC(CC)N1N=O. The molecule has 0 aliphatic carbocycles. The first-order valence-corrected chi connectivity index (χ1v) is 4.45. The van der Waals surface area contributed by atoms with Gasteiger partial charge in [0.15, 0.2) is 0 Å². The Balaban J connectivity index is 2.54. The van der Waals surface area contributed by atoms with Gasteiger partial charge in [-0.3, -0.25) is 5.01 Å². The minimum Gasteiger partial charge on any atom is -0.255 e. The molecule has 0 N–H and O–H groups in total. The highest BCUT2D eigenvalue weighted by molar-refractivity contribution is 4.83. The van der Waals surface area contributed by atoms with E-state index in [1.54, 1.807) is 5.01 Å². The smallest absolute Gasteiger partial charge is 0.0529 e. The molecule has 0 amide bonds. The minimum atomic E-state index is 0.414. The zero-order valence-corrected chi connectivity index (χ0v) is 7.29. The van der Waals surface area contributed by atoms with Crippen molar-refractivity contribution in [3.05, 3.63) is 4.91 Å². The maximum atomic E-state index is 10.4. The van der Waals surface area contributed by atoms with Gasteiger partial charge in [-0.2, -0.15) is 0 Å². The third-order valence-corrected chi connectivity index (χ3v) is 2.62. The Kier molecular flexibility index (Phi) is 2.85. The summed E-state index contributed by atoms with van der Waals surface area (Å²) in [7, 11) is 0. The van der Waals surface area contributed by atoms with Crippen LogP contribution in [0.5, 0.6) is 0 Å². The van der Waals surface area contributed by atoms with Crippen molar-refractivity contribution >= 4 is 0 Å². The van der Waals surface area contributed by atoms with Gasteiger partial charge in [0.05, 0.1) is 17.4 Å². The fraction of sp³-hybridized carbons (Fsp3) is 1.00. The van der Waals surface area contributed by atoms with Crippen LogP contribution in [0.4, 0.5) is 0 Å². The predicted molar refractivity (Wildman–Crippen MR) is 45.0 cm³/mol. The molecule has 1 aliphatic heterocycles. The molecule has 11 heavy (non-hydrogen) atoms. The van der Waals surface area contributed by atoms with E-state index in [-0.39, 0.29) is 0 Å². The van der Waals surface area contributed by atoms with E-state index in [0.29, 0.717) is 12.1 Å². The quantitative estimate of drug-likeness (QED) is 0.587. The van der Waals surface area contributed by atoms with E-state index >= 15 is 0 Å². The topological polar surface area (TPSA) is 32.7 Å². The molecule has 2 atom stereocenters. The van der Waals surface area contributed by atoms with Crippen LogP contribution in [0.25, 0.3) is 0 Å². The Labute approximate surface area is 67.7 Å². The van der Waals surface area contributed by atoms with Gasteiger partial charge in [-0.1, -0.05) is 13.8 Å². The molecule has 1 aliphatic rings. The van der Waals surface area contributed by atoms with Crippen molar-refractivity contribution in [2.45, 2.75) is 51.6 Å². The molecule has 64 valence electrons. The fourth-order valence-corrected chi connectivity index (χ4v) is 1.86. The molecule has 0 aromatic heterocycles. The molecular formula is C8H16N2O. The van der Waals surface area contributed by atoms with Crippen LogP contribution >= 0.6 is 0 Å². The van der Waals surface area contributed by atoms with E-state index in [1.165, 1.54) is 0 Å². The summed E-state index contributed by atoms with van der Waals surface area (Å²) in [6, 6.07) is 0.829. The van der Waals surface area contributed by atoms with Crippen molar-refractivity contribution in [3.63, 3.8) is 0 Å². The number of hydrogen-bond acceptors (Lipinski definition) is 2. The summed E-state index contributed by atoms with van der Waals surface area (Å²) in [5.74, 6) is 0. The Morgan fingerprint density at radius 3 is 2.00 bits per heavy atom. The van der Waals surface area contributed by atoms with Crippen molar-refractivity contribution in [2.24, 2.45) is 5.29 Å². The van der Waals surface area contributed by atoms with Crippen molar-refractivity contribution in [1.82, 2.24) is 5.01 Å². The second kappa shape index (κ2) is 3.69. The number of nitrogens with zero attached hydrogens (tertiary/aromatic N) is 2. The molecule has 0 bridgehead atoms. The monoisotopic (exact) mass is 156 g/mol. The summed E-state index contributed by atoms with van der Waals surface area (Å²) in [5.41, 5.74) is 0. The summed E-state index contributed by atoms with van der Waals surface area (Å²) in [6.45, 7) is 4.22. The first kappa shape index (κ1) is 8.50. The van der Waals surface area contributed by atoms with Crippen LogP contribution in [0.2, 0.25) is 0 Å². The fourth-order valence-electron chi connectivity index (χ4n) is 1.86. The van der Waals surface area contributed by atoms with E-state index in [2.05, 4.69) is 19.1 Å².